The van der Waals surface area contributed by atoms with Gasteiger partial charge in [-0.25, -0.2) is 14.0 Å². The number of ketones is 1. The maximum atomic E-state index is 12.9. The van der Waals surface area contributed by atoms with E-state index in [1.807, 2.05) is 0 Å². The Bertz CT molecular complexity index is 774. The molecular weight excluding hydrogens is 315 g/mol. The molecule has 2 rings (SSSR count). The molecule has 1 atom stereocenters. The SMILES string of the molecule is C[C@H](OC(=O)c1cccc(NC(N)=O)c1)C(=O)c1ccc(F)cc1. The summed E-state index contributed by atoms with van der Waals surface area (Å²) < 4.78 is 18.0. The number of urea groups is 1. The van der Waals surface area contributed by atoms with Gasteiger partial charge in [-0.1, -0.05) is 6.07 Å². The fourth-order valence-corrected chi connectivity index (χ4v) is 2.00. The van der Waals surface area contributed by atoms with Crippen LogP contribution < -0.4 is 11.1 Å². The number of rotatable bonds is 5. The molecular formula is C17H15FN2O4. The number of carbonyl (C=O) groups is 3. The van der Waals surface area contributed by atoms with Gasteiger partial charge in [-0.3, -0.25) is 4.79 Å². The van der Waals surface area contributed by atoms with Crippen LogP contribution in [0.3, 0.4) is 0 Å². The molecule has 2 aromatic rings. The minimum absolute atomic E-state index is 0.153. The molecule has 24 heavy (non-hydrogen) atoms. The third kappa shape index (κ3) is 4.39. The van der Waals surface area contributed by atoms with Gasteiger partial charge >= 0.3 is 12.0 Å². The molecule has 0 saturated heterocycles. The lowest BCUT2D eigenvalue weighted by molar-refractivity contribution is 0.0319. The third-order valence-corrected chi connectivity index (χ3v) is 3.15. The van der Waals surface area contributed by atoms with Gasteiger partial charge in [0.05, 0.1) is 5.56 Å². The molecule has 124 valence electrons. The number of primary amides is 1. The number of carbonyl (C=O) groups excluding carboxylic acids is 3. The van der Waals surface area contributed by atoms with Gasteiger partial charge in [-0.05, 0) is 49.4 Å². The zero-order chi connectivity index (χ0) is 17.7. The highest BCUT2D eigenvalue weighted by Crippen LogP contribution is 2.14. The van der Waals surface area contributed by atoms with E-state index in [0.29, 0.717) is 5.69 Å². The average Bonchev–Trinajstić information content (AvgIpc) is 2.54. The van der Waals surface area contributed by atoms with E-state index < -0.39 is 29.7 Å². The summed E-state index contributed by atoms with van der Waals surface area (Å²) in [5.74, 6) is -1.64. The van der Waals surface area contributed by atoms with E-state index in [-0.39, 0.29) is 11.1 Å². The quantitative estimate of drug-likeness (QED) is 0.650. The van der Waals surface area contributed by atoms with Gasteiger partial charge in [-0.15, -0.1) is 0 Å². The molecule has 0 fully saturated rings. The molecule has 2 aromatic carbocycles. The first-order chi connectivity index (χ1) is 11.4. The van der Waals surface area contributed by atoms with Gasteiger partial charge in [0.1, 0.15) is 5.82 Å². The predicted octanol–water partition coefficient (Wildman–Crippen LogP) is 2.74. The molecule has 0 aliphatic heterocycles. The molecule has 0 aliphatic carbocycles. The Morgan fingerprint density at radius 1 is 1.08 bits per heavy atom. The second kappa shape index (κ2) is 7.36. The van der Waals surface area contributed by atoms with E-state index in [2.05, 4.69) is 5.32 Å². The van der Waals surface area contributed by atoms with E-state index >= 15 is 0 Å². The number of nitrogens with one attached hydrogen (secondary N) is 1. The summed E-state index contributed by atoms with van der Waals surface area (Å²) in [5.41, 5.74) is 5.73. The van der Waals surface area contributed by atoms with Crippen LogP contribution in [0.1, 0.15) is 27.6 Å². The molecule has 0 heterocycles. The Morgan fingerprint density at radius 3 is 2.38 bits per heavy atom. The monoisotopic (exact) mass is 330 g/mol. The maximum Gasteiger partial charge on any atom is 0.338 e. The largest absolute Gasteiger partial charge is 0.451 e. The fraction of sp³-hybridized carbons (Fsp3) is 0.118. The Labute approximate surface area is 137 Å². The van der Waals surface area contributed by atoms with Crippen LogP contribution in [-0.2, 0) is 4.74 Å². The highest BCUT2D eigenvalue weighted by Gasteiger charge is 2.20. The Kier molecular flexibility index (Phi) is 5.26. The molecule has 0 aromatic heterocycles. The fourth-order valence-electron chi connectivity index (χ4n) is 2.00. The molecule has 0 unspecified atom stereocenters. The van der Waals surface area contributed by atoms with Crippen LogP contribution >= 0.6 is 0 Å². The third-order valence-electron chi connectivity index (χ3n) is 3.15. The first-order valence-corrected chi connectivity index (χ1v) is 7.04. The topological polar surface area (TPSA) is 98.5 Å². The number of halogens is 1. The van der Waals surface area contributed by atoms with Crippen molar-refractivity contribution in [3.63, 3.8) is 0 Å². The number of Topliss-reactive ketones (excluding diaryl/α,β-unsaturated/α-hetero) is 1. The first kappa shape index (κ1) is 17.1. The number of anilines is 1. The second-order valence-electron chi connectivity index (χ2n) is 4.99. The summed E-state index contributed by atoms with van der Waals surface area (Å²) in [4.78, 5) is 35.1. The second-order valence-corrected chi connectivity index (χ2v) is 4.99. The van der Waals surface area contributed by atoms with Crippen LogP contribution in [0.2, 0.25) is 0 Å². The van der Waals surface area contributed by atoms with Crippen molar-refractivity contribution >= 4 is 23.5 Å². The van der Waals surface area contributed by atoms with Gasteiger partial charge in [0, 0.05) is 11.3 Å². The van der Waals surface area contributed by atoms with Crippen LogP contribution in [-0.4, -0.2) is 23.9 Å². The normalized spacial score (nSPS) is 11.4. The molecule has 3 N–H and O–H groups in total. The minimum atomic E-state index is -1.05. The van der Waals surface area contributed by atoms with Crippen molar-refractivity contribution in [1.82, 2.24) is 0 Å². The van der Waals surface area contributed by atoms with Crippen LogP contribution in [0.15, 0.2) is 48.5 Å². The molecule has 0 spiro atoms. The highest BCUT2D eigenvalue weighted by atomic mass is 19.1. The number of hydrogen-bond acceptors (Lipinski definition) is 4. The average molecular weight is 330 g/mol. The van der Waals surface area contributed by atoms with Gasteiger partial charge in [-0.2, -0.15) is 0 Å². The van der Waals surface area contributed by atoms with Gasteiger partial charge in [0.2, 0.25) is 5.78 Å². The first-order valence-electron chi connectivity index (χ1n) is 7.04. The molecule has 0 aliphatic rings. The smallest absolute Gasteiger partial charge is 0.338 e. The number of nitrogens with two attached hydrogens (primary N) is 1. The molecule has 0 radical (unpaired) electrons. The molecule has 7 heteroatoms. The van der Waals surface area contributed by atoms with Crippen LogP contribution in [0, 0.1) is 5.82 Å². The van der Waals surface area contributed by atoms with Gasteiger partial charge < -0.3 is 15.8 Å². The summed E-state index contributed by atoms with van der Waals surface area (Å²) in [5, 5.41) is 2.34. The maximum absolute atomic E-state index is 12.9. The van der Waals surface area contributed by atoms with Crippen LogP contribution in [0.4, 0.5) is 14.9 Å². The van der Waals surface area contributed by atoms with Gasteiger partial charge in [0.25, 0.3) is 0 Å². The standard InChI is InChI=1S/C17H15FN2O4/c1-10(15(21)11-5-7-13(18)8-6-11)24-16(22)12-3-2-4-14(9-12)20-17(19)23/h2-10H,1H3,(H3,19,20,23)/t10-/m0/s1. The highest BCUT2D eigenvalue weighted by molar-refractivity contribution is 6.01. The van der Waals surface area contributed by atoms with Crippen molar-refractivity contribution in [2.75, 3.05) is 5.32 Å². The molecule has 2 amide bonds. The zero-order valence-corrected chi connectivity index (χ0v) is 12.8. The van der Waals surface area contributed by atoms with Crippen molar-refractivity contribution < 1.29 is 23.5 Å². The number of esters is 1. The lowest BCUT2D eigenvalue weighted by Gasteiger charge is -2.13. The van der Waals surface area contributed by atoms with E-state index in [0.717, 1.165) is 12.1 Å². The van der Waals surface area contributed by atoms with E-state index in [9.17, 15) is 18.8 Å². The number of amides is 2. The predicted molar refractivity (Wildman–Crippen MR) is 85.3 cm³/mol. The van der Waals surface area contributed by atoms with E-state index in [1.165, 1.54) is 37.3 Å². The summed E-state index contributed by atoms with van der Waals surface area (Å²) in [7, 11) is 0. The van der Waals surface area contributed by atoms with Crippen molar-refractivity contribution in [3.05, 3.63) is 65.5 Å². The minimum Gasteiger partial charge on any atom is -0.451 e. The molecule has 6 nitrogen and oxygen atoms in total. The van der Waals surface area contributed by atoms with Crippen LogP contribution in [0.25, 0.3) is 0 Å². The van der Waals surface area contributed by atoms with Gasteiger partial charge in [0.15, 0.2) is 6.10 Å². The molecule has 0 saturated carbocycles. The number of hydrogen-bond donors (Lipinski definition) is 2. The lowest BCUT2D eigenvalue weighted by Crippen LogP contribution is -2.24. The summed E-state index contributed by atoms with van der Waals surface area (Å²) in [6.45, 7) is 1.43. The summed E-state index contributed by atoms with van der Waals surface area (Å²) >= 11 is 0. The van der Waals surface area contributed by atoms with E-state index in [1.54, 1.807) is 6.07 Å². The number of ether oxygens (including phenoxy) is 1. The van der Waals surface area contributed by atoms with Crippen molar-refractivity contribution in [3.8, 4) is 0 Å². The lowest BCUT2D eigenvalue weighted by atomic mass is 10.1. The zero-order valence-electron chi connectivity index (χ0n) is 12.8. The van der Waals surface area contributed by atoms with Crippen molar-refractivity contribution in [1.29, 1.82) is 0 Å². The number of benzene rings is 2. The molecule has 0 bridgehead atoms. The van der Waals surface area contributed by atoms with Crippen LogP contribution in [0.5, 0.6) is 0 Å². The Hall–Kier alpha value is -3.22. The summed E-state index contributed by atoms with van der Waals surface area (Å²) in [6.07, 6.45) is -1.05. The van der Waals surface area contributed by atoms with E-state index in [4.69, 9.17) is 10.5 Å². The Balaban J connectivity index is 2.07. The van der Waals surface area contributed by atoms with Crippen molar-refractivity contribution in [2.45, 2.75) is 13.0 Å². The van der Waals surface area contributed by atoms with Crippen molar-refractivity contribution in [2.24, 2.45) is 5.73 Å². The summed E-state index contributed by atoms with van der Waals surface area (Å²) in [6, 6.07) is 10.1. The Morgan fingerprint density at radius 2 is 1.75 bits per heavy atom.